The molecule has 1 fully saturated rings. The Kier molecular flexibility index (Phi) is 5.51. The van der Waals surface area contributed by atoms with E-state index in [9.17, 15) is 4.79 Å². The Bertz CT molecular complexity index is 971. The number of hydrogen-bond acceptors (Lipinski definition) is 5. The quantitative estimate of drug-likeness (QED) is 0.665. The summed E-state index contributed by atoms with van der Waals surface area (Å²) in [7, 11) is 0. The molecule has 2 aromatic heterocycles. The molecule has 4 rings (SSSR count). The Labute approximate surface area is 169 Å². The number of nitrogens with zero attached hydrogens (tertiary/aromatic N) is 3. The molecule has 148 valence electrons. The predicted octanol–water partition coefficient (Wildman–Crippen LogP) is 4.09. The number of aryl methyl sites for hydroxylation is 3. The van der Waals surface area contributed by atoms with Crippen molar-refractivity contribution in [3.05, 3.63) is 51.7 Å². The van der Waals surface area contributed by atoms with E-state index in [1.807, 2.05) is 18.7 Å². The minimum atomic E-state index is 0.244. The molecule has 1 aliphatic heterocycles. The minimum absolute atomic E-state index is 0.244. The Morgan fingerprint density at radius 3 is 2.71 bits per heavy atom. The Hall–Kier alpha value is -2.18. The molecule has 28 heavy (non-hydrogen) atoms. The van der Waals surface area contributed by atoms with Crippen LogP contribution in [0, 0.1) is 20.8 Å². The normalized spacial score (nSPS) is 15.9. The van der Waals surface area contributed by atoms with Gasteiger partial charge in [0.25, 0.3) is 0 Å². The van der Waals surface area contributed by atoms with Crippen LogP contribution in [0.2, 0.25) is 0 Å². The molecule has 6 heteroatoms. The highest BCUT2D eigenvalue weighted by Crippen LogP contribution is 2.31. The summed E-state index contributed by atoms with van der Waals surface area (Å²) in [5.41, 5.74) is 3.40. The number of rotatable bonds is 4. The summed E-state index contributed by atoms with van der Waals surface area (Å²) in [6, 6.07) is 8.41. The molecule has 0 atom stereocenters. The molecule has 3 heterocycles. The SMILES string of the molecule is Cc1noc(C)c1CN1CCCN(C(=O)Cc2sc3ccccc3c2C)CC1. The van der Waals surface area contributed by atoms with Gasteiger partial charge in [-0.05, 0) is 44.2 Å². The highest BCUT2D eigenvalue weighted by Gasteiger charge is 2.22. The van der Waals surface area contributed by atoms with E-state index in [-0.39, 0.29) is 5.91 Å². The zero-order valence-electron chi connectivity index (χ0n) is 16.8. The molecule has 1 saturated heterocycles. The van der Waals surface area contributed by atoms with Crippen LogP contribution < -0.4 is 0 Å². The van der Waals surface area contributed by atoms with Gasteiger partial charge in [-0.2, -0.15) is 0 Å². The first kappa shape index (κ1) is 19.2. The van der Waals surface area contributed by atoms with Crippen LogP contribution in [0.15, 0.2) is 28.8 Å². The van der Waals surface area contributed by atoms with Gasteiger partial charge in [-0.1, -0.05) is 23.4 Å². The Morgan fingerprint density at radius 1 is 1.14 bits per heavy atom. The van der Waals surface area contributed by atoms with Crippen molar-refractivity contribution in [3.8, 4) is 0 Å². The van der Waals surface area contributed by atoms with Crippen LogP contribution in [0.5, 0.6) is 0 Å². The van der Waals surface area contributed by atoms with E-state index in [1.54, 1.807) is 11.3 Å². The number of carbonyl (C=O) groups is 1. The van der Waals surface area contributed by atoms with E-state index < -0.39 is 0 Å². The summed E-state index contributed by atoms with van der Waals surface area (Å²) in [6.45, 7) is 10.4. The third kappa shape index (κ3) is 3.84. The molecule has 1 aromatic carbocycles. The maximum Gasteiger partial charge on any atom is 0.227 e. The van der Waals surface area contributed by atoms with Gasteiger partial charge in [0.15, 0.2) is 0 Å². The maximum atomic E-state index is 13.0. The van der Waals surface area contributed by atoms with E-state index in [0.717, 1.165) is 50.6 Å². The van der Waals surface area contributed by atoms with Crippen molar-refractivity contribution in [1.29, 1.82) is 0 Å². The van der Waals surface area contributed by atoms with Gasteiger partial charge in [-0.3, -0.25) is 9.69 Å². The molecule has 0 N–H and O–H groups in total. The molecule has 0 spiro atoms. The average molecular weight is 398 g/mol. The fourth-order valence-corrected chi connectivity index (χ4v) is 5.17. The zero-order valence-corrected chi connectivity index (χ0v) is 17.6. The smallest absolute Gasteiger partial charge is 0.227 e. The van der Waals surface area contributed by atoms with Crippen molar-refractivity contribution in [2.24, 2.45) is 0 Å². The Morgan fingerprint density at radius 2 is 1.96 bits per heavy atom. The molecule has 1 amide bonds. The molecule has 1 aliphatic rings. The minimum Gasteiger partial charge on any atom is -0.361 e. The number of fused-ring (bicyclic) bond motifs is 1. The predicted molar refractivity (Wildman–Crippen MR) is 113 cm³/mol. The summed E-state index contributed by atoms with van der Waals surface area (Å²) < 4.78 is 6.56. The van der Waals surface area contributed by atoms with Crippen LogP contribution in [-0.2, 0) is 17.8 Å². The lowest BCUT2D eigenvalue weighted by Gasteiger charge is -2.22. The van der Waals surface area contributed by atoms with Crippen molar-refractivity contribution in [2.45, 2.75) is 40.2 Å². The standard InChI is InChI=1S/C22H27N3O2S/c1-15-18-7-4-5-8-20(18)28-21(15)13-22(26)25-10-6-9-24(11-12-25)14-19-16(2)23-27-17(19)3/h4-5,7-8H,6,9-14H2,1-3H3. The molecule has 5 nitrogen and oxygen atoms in total. The third-order valence-corrected chi connectivity index (χ3v) is 7.03. The first-order chi connectivity index (χ1) is 13.5. The van der Waals surface area contributed by atoms with Gasteiger partial charge in [0.1, 0.15) is 5.76 Å². The lowest BCUT2D eigenvalue weighted by atomic mass is 10.1. The Balaban J connectivity index is 1.39. The zero-order chi connectivity index (χ0) is 19.7. The lowest BCUT2D eigenvalue weighted by molar-refractivity contribution is -0.130. The topological polar surface area (TPSA) is 49.6 Å². The first-order valence-corrected chi connectivity index (χ1v) is 10.7. The summed E-state index contributed by atoms with van der Waals surface area (Å²) in [5, 5.41) is 5.33. The monoisotopic (exact) mass is 397 g/mol. The molecule has 0 radical (unpaired) electrons. The molecular formula is C22H27N3O2S. The van der Waals surface area contributed by atoms with E-state index in [0.29, 0.717) is 6.42 Å². The van der Waals surface area contributed by atoms with Gasteiger partial charge in [-0.15, -0.1) is 11.3 Å². The van der Waals surface area contributed by atoms with Crippen molar-refractivity contribution in [2.75, 3.05) is 26.2 Å². The second-order valence-corrected chi connectivity index (χ2v) is 8.77. The van der Waals surface area contributed by atoms with Gasteiger partial charge in [0, 0.05) is 47.9 Å². The highest BCUT2D eigenvalue weighted by molar-refractivity contribution is 7.19. The molecule has 3 aromatic rings. The van der Waals surface area contributed by atoms with E-state index in [2.05, 4.69) is 41.2 Å². The van der Waals surface area contributed by atoms with Crippen molar-refractivity contribution >= 4 is 27.3 Å². The number of hydrogen-bond donors (Lipinski definition) is 0. The highest BCUT2D eigenvalue weighted by atomic mass is 32.1. The number of carbonyl (C=O) groups excluding carboxylic acids is 1. The third-order valence-electron chi connectivity index (χ3n) is 5.76. The maximum absolute atomic E-state index is 13.0. The van der Waals surface area contributed by atoms with Gasteiger partial charge in [-0.25, -0.2) is 0 Å². The second kappa shape index (κ2) is 8.05. The second-order valence-electron chi connectivity index (χ2n) is 7.64. The molecular weight excluding hydrogens is 370 g/mol. The molecule has 0 unspecified atom stereocenters. The van der Waals surface area contributed by atoms with Crippen LogP contribution in [-0.4, -0.2) is 47.0 Å². The van der Waals surface area contributed by atoms with Crippen LogP contribution >= 0.6 is 11.3 Å². The molecule has 0 bridgehead atoms. The summed E-state index contributed by atoms with van der Waals surface area (Å²) in [5.74, 6) is 1.14. The largest absolute Gasteiger partial charge is 0.361 e. The first-order valence-electron chi connectivity index (χ1n) is 9.92. The number of thiophene rings is 1. The number of benzene rings is 1. The summed E-state index contributed by atoms with van der Waals surface area (Å²) in [4.78, 5) is 18.6. The summed E-state index contributed by atoms with van der Waals surface area (Å²) >= 11 is 1.75. The van der Waals surface area contributed by atoms with E-state index >= 15 is 0 Å². The van der Waals surface area contributed by atoms with E-state index in [4.69, 9.17) is 4.52 Å². The van der Waals surface area contributed by atoms with Crippen molar-refractivity contribution in [3.63, 3.8) is 0 Å². The van der Waals surface area contributed by atoms with Crippen LogP contribution in [0.1, 0.15) is 33.9 Å². The number of aromatic nitrogens is 1. The van der Waals surface area contributed by atoms with Crippen LogP contribution in [0.3, 0.4) is 0 Å². The van der Waals surface area contributed by atoms with Crippen molar-refractivity contribution in [1.82, 2.24) is 15.0 Å². The van der Waals surface area contributed by atoms with Crippen LogP contribution in [0.4, 0.5) is 0 Å². The fraction of sp³-hybridized carbons (Fsp3) is 0.455. The lowest BCUT2D eigenvalue weighted by Crippen LogP contribution is -2.36. The number of amides is 1. The van der Waals surface area contributed by atoms with E-state index in [1.165, 1.54) is 26.1 Å². The van der Waals surface area contributed by atoms with Crippen molar-refractivity contribution < 1.29 is 9.32 Å². The molecule has 0 aliphatic carbocycles. The fourth-order valence-electron chi connectivity index (χ4n) is 3.97. The van der Waals surface area contributed by atoms with Gasteiger partial charge < -0.3 is 9.42 Å². The van der Waals surface area contributed by atoms with Gasteiger partial charge >= 0.3 is 0 Å². The van der Waals surface area contributed by atoms with Gasteiger partial charge in [0.05, 0.1) is 12.1 Å². The summed E-state index contributed by atoms with van der Waals surface area (Å²) in [6.07, 6.45) is 1.51. The van der Waals surface area contributed by atoms with Crippen LogP contribution in [0.25, 0.3) is 10.1 Å². The molecule has 0 saturated carbocycles. The average Bonchev–Trinajstić information content (AvgIpc) is 3.05. The van der Waals surface area contributed by atoms with Gasteiger partial charge in [0.2, 0.25) is 5.91 Å².